The molecule has 1 amide bonds. The van der Waals surface area contributed by atoms with E-state index in [-0.39, 0.29) is 11.9 Å². The van der Waals surface area contributed by atoms with Crippen LogP contribution in [0.2, 0.25) is 0 Å². The van der Waals surface area contributed by atoms with E-state index in [1.807, 2.05) is 45.0 Å². The minimum absolute atomic E-state index is 0.0964. The molecule has 0 fully saturated rings. The van der Waals surface area contributed by atoms with Gasteiger partial charge in [-0.25, -0.2) is 0 Å². The molecule has 2 aromatic carbocycles. The number of hydrogen-bond donors (Lipinski definition) is 1. The lowest BCUT2D eigenvalue weighted by atomic mass is 9.93. The highest BCUT2D eigenvalue weighted by molar-refractivity contribution is 5.81. The molecule has 2 atom stereocenters. The van der Waals surface area contributed by atoms with Gasteiger partial charge in [-0.05, 0) is 79.1 Å². The zero-order chi connectivity index (χ0) is 21.6. The number of carbonyl (C=O) groups excluding carboxylic acids is 1. The number of hydrogen-bond acceptors (Lipinski definition) is 3. The highest BCUT2D eigenvalue weighted by Gasteiger charge is 2.22. The highest BCUT2D eigenvalue weighted by atomic mass is 16.5. The molecule has 0 unspecified atom stereocenters. The smallest absolute Gasteiger partial charge is 0.261 e. The molecule has 0 radical (unpaired) electrons. The monoisotopic (exact) mass is 397 g/mol. The summed E-state index contributed by atoms with van der Waals surface area (Å²) in [6, 6.07) is 12.0. The van der Waals surface area contributed by atoms with Crippen LogP contribution in [0.25, 0.3) is 0 Å². The summed E-state index contributed by atoms with van der Waals surface area (Å²) < 4.78 is 11.5. The van der Waals surface area contributed by atoms with Gasteiger partial charge in [0, 0.05) is 0 Å². The van der Waals surface area contributed by atoms with E-state index in [4.69, 9.17) is 9.47 Å². The molecule has 0 aliphatic carbocycles. The van der Waals surface area contributed by atoms with Crippen molar-refractivity contribution >= 4 is 5.91 Å². The summed E-state index contributed by atoms with van der Waals surface area (Å²) in [6.07, 6.45) is 1.06. The van der Waals surface area contributed by atoms with Crippen molar-refractivity contribution in [2.75, 3.05) is 7.11 Å². The Labute approximate surface area is 175 Å². The maximum atomic E-state index is 12.9. The number of rotatable bonds is 9. The Bertz CT molecular complexity index is 812. The lowest BCUT2D eigenvalue weighted by molar-refractivity contribution is -0.128. The van der Waals surface area contributed by atoms with Gasteiger partial charge in [0.05, 0.1) is 13.2 Å². The molecule has 158 valence electrons. The Morgan fingerprint density at radius 2 is 1.69 bits per heavy atom. The van der Waals surface area contributed by atoms with Gasteiger partial charge < -0.3 is 14.8 Å². The zero-order valence-electron chi connectivity index (χ0n) is 18.8. The fraction of sp³-hybridized carbons (Fsp3) is 0.480. The maximum Gasteiger partial charge on any atom is 0.261 e. The van der Waals surface area contributed by atoms with Crippen LogP contribution in [0, 0.1) is 6.92 Å². The van der Waals surface area contributed by atoms with Gasteiger partial charge in [0.2, 0.25) is 0 Å². The molecule has 0 aromatic heterocycles. The molecule has 0 aliphatic heterocycles. The second kappa shape index (κ2) is 10.3. The van der Waals surface area contributed by atoms with Gasteiger partial charge in [0.25, 0.3) is 5.91 Å². The summed E-state index contributed by atoms with van der Waals surface area (Å²) in [6.45, 7) is 12.4. The van der Waals surface area contributed by atoms with Gasteiger partial charge in [0.1, 0.15) is 11.5 Å². The SMILES string of the molecule is CCc1ccc(O[C@H](CC)C(=O)N[C@H](C)c2cc(C(C)C)c(OC)cc2C)cc1. The van der Waals surface area contributed by atoms with Crippen molar-refractivity contribution in [3.05, 3.63) is 58.7 Å². The van der Waals surface area contributed by atoms with Crippen molar-refractivity contribution in [2.45, 2.75) is 72.4 Å². The zero-order valence-corrected chi connectivity index (χ0v) is 18.8. The van der Waals surface area contributed by atoms with Gasteiger partial charge in [-0.2, -0.15) is 0 Å². The van der Waals surface area contributed by atoms with Crippen LogP contribution >= 0.6 is 0 Å². The number of aryl methyl sites for hydroxylation is 2. The molecular formula is C25H35NO3. The molecule has 0 heterocycles. The summed E-state index contributed by atoms with van der Waals surface area (Å²) in [5, 5.41) is 3.13. The average molecular weight is 398 g/mol. The fourth-order valence-corrected chi connectivity index (χ4v) is 3.48. The first-order valence-electron chi connectivity index (χ1n) is 10.5. The van der Waals surface area contributed by atoms with Crippen molar-refractivity contribution < 1.29 is 14.3 Å². The normalized spacial score (nSPS) is 13.1. The van der Waals surface area contributed by atoms with Crippen LogP contribution in [0.1, 0.15) is 75.3 Å². The molecule has 0 spiro atoms. The second-order valence-electron chi connectivity index (χ2n) is 7.85. The number of ether oxygens (including phenoxy) is 2. The van der Waals surface area contributed by atoms with Crippen molar-refractivity contribution in [3.8, 4) is 11.5 Å². The van der Waals surface area contributed by atoms with Crippen LogP contribution in [0.3, 0.4) is 0 Å². The Balaban J connectivity index is 2.14. The quantitative estimate of drug-likeness (QED) is 0.588. The molecule has 0 saturated carbocycles. The summed E-state index contributed by atoms with van der Waals surface area (Å²) in [4.78, 5) is 12.9. The van der Waals surface area contributed by atoms with E-state index in [0.717, 1.165) is 34.6 Å². The lowest BCUT2D eigenvalue weighted by Crippen LogP contribution is -2.39. The fourth-order valence-electron chi connectivity index (χ4n) is 3.48. The lowest BCUT2D eigenvalue weighted by Gasteiger charge is -2.23. The van der Waals surface area contributed by atoms with Crippen LogP contribution in [0.15, 0.2) is 36.4 Å². The number of nitrogens with one attached hydrogen (secondary N) is 1. The molecule has 29 heavy (non-hydrogen) atoms. The van der Waals surface area contributed by atoms with E-state index in [0.29, 0.717) is 12.3 Å². The highest BCUT2D eigenvalue weighted by Crippen LogP contribution is 2.32. The van der Waals surface area contributed by atoms with Crippen LogP contribution in [0.4, 0.5) is 0 Å². The van der Waals surface area contributed by atoms with Crippen LogP contribution < -0.4 is 14.8 Å². The molecule has 2 rings (SSSR count). The molecule has 1 N–H and O–H groups in total. The summed E-state index contributed by atoms with van der Waals surface area (Å²) in [5.41, 5.74) is 4.60. The number of carbonyl (C=O) groups is 1. The van der Waals surface area contributed by atoms with Crippen LogP contribution in [-0.4, -0.2) is 19.1 Å². The topological polar surface area (TPSA) is 47.6 Å². The van der Waals surface area contributed by atoms with E-state index < -0.39 is 6.10 Å². The van der Waals surface area contributed by atoms with E-state index in [2.05, 4.69) is 38.2 Å². The molecule has 2 aromatic rings. The van der Waals surface area contributed by atoms with Crippen LogP contribution in [-0.2, 0) is 11.2 Å². The third kappa shape index (κ3) is 5.75. The Morgan fingerprint density at radius 1 is 1.03 bits per heavy atom. The summed E-state index contributed by atoms with van der Waals surface area (Å²) >= 11 is 0. The van der Waals surface area contributed by atoms with Crippen molar-refractivity contribution in [1.82, 2.24) is 5.32 Å². The number of amides is 1. The first-order valence-corrected chi connectivity index (χ1v) is 10.5. The third-order valence-electron chi connectivity index (χ3n) is 5.34. The van der Waals surface area contributed by atoms with Gasteiger partial charge >= 0.3 is 0 Å². The number of methoxy groups -OCH3 is 1. The molecule has 4 heteroatoms. The molecule has 0 bridgehead atoms. The predicted octanol–water partition coefficient (Wildman–Crippen LogP) is 5.72. The standard InChI is InChI=1S/C25H35NO3/c1-8-19-10-12-20(13-11-19)29-23(9-2)25(27)26-18(6)22-15-21(16(3)4)24(28-7)14-17(22)5/h10-16,18,23H,8-9H2,1-7H3,(H,26,27)/t18-,23-/m1/s1. The van der Waals surface area contributed by atoms with Gasteiger partial charge in [-0.15, -0.1) is 0 Å². The van der Waals surface area contributed by atoms with Crippen molar-refractivity contribution in [3.63, 3.8) is 0 Å². The van der Waals surface area contributed by atoms with Gasteiger partial charge in [-0.3, -0.25) is 4.79 Å². The summed E-state index contributed by atoms with van der Waals surface area (Å²) in [5.74, 6) is 1.86. The van der Waals surface area contributed by atoms with Crippen LogP contribution in [0.5, 0.6) is 11.5 Å². The second-order valence-corrected chi connectivity index (χ2v) is 7.85. The average Bonchev–Trinajstić information content (AvgIpc) is 2.71. The van der Waals surface area contributed by atoms with Crippen molar-refractivity contribution in [2.24, 2.45) is 0 Å². The molecular weight excluding hydrogens is 362 g/mol. The van der Waals surface area contributed by atoms with Gasteiger partial charge in [0.15, 0.2) is 6.10 Å². The minimum atomic E-state index is -0.520. The van der Waals surface area contributed by atoms with E-state index >= 15 is 0 Å². The Morgan fingerprint density at radius 3 is 2.21 bits per heavy atom. The predicted molar refractivity (Wildman–Crippen MR) is 119 cm³/mol. The van der Waals surface area contributed by atoms with E-state index in [1.54, 1.807) is 7.11 Å². The molecule has 0 saturated heterocycles. The molecule has 4 nitrogen and oxygen atoms in total. The van der Waals surface area contributed by atoms with E-state index in [9.17, 15) is 4.79 Å². The largest absolute Gasteiger partial charge is 0.496 e. The first kappa shape index (κ1) is 22.8. The summed E-state index contributed by atoms with van der Waals surface area (Å²) in [7, 11) is 1.70. The Hall–Kier alpha value is -2.49. The first-order chi connectivity index (χ1) is 13.8. The maximum absolute atomic E-state index is 12.9. The Kier molecular flexibility index (Phi) is 8.12. The van der Waals surface area contributed by atoms with Gasteiger partial charge in [-0.1, -0.05) is 39.8 Å². The third-order valence-corrected chi connectivity index (χ3v) is 5.34. The number of benzene rings is 2. The molecule has 0 aliphatic rings. The van der Waals surface area contributed by atoms with E-state index in [1.165, 1.54) is 5.56 Å². The van der Waals surface area contributed by atoms with Crippen molar-refractivity contribution in [1.29, 1.82) is 0 Å². The minimum Gasteiger partial charge on any atom is -0.496 e.